The Kier molecular flexibility index (Phi) is 5.88. The number of aryl methyl sites for hydroxylation is 1. The van der Waals surface area contributed by atoms with Crippen LogP contribution in [0.2, 0.25) is 0 Å². The normalized spacial score (nSPS) is 18.3. The van der Waals surface area contributed by atoms with E-state index in [1.807, 2.05) is 40.6 Å². The Labute approximate surface area is 198 Å². The number of carbonyl (C=O) groups excluding carboxylic acids is 1. The van der Waals surface area contributed by atoms with Crippen LogP contribution in [-0.2, 0) is 16.4 Å². The molecule has 1 aromatic heterocycles. The molecule has 172 valence electrons. The first kappa shape index (κ1) is 22.0. The van der Waals surface area contributed by atoms with Crippen LogP contribution in [0.25, 0.3) is 0 Å². The van der Waals surface area contributed by atoms with Gasteiger partial charge < -0.3 is 9.64 Å². The van der Waals surface area contributed by atoms with Crippen molar-refractivity contribution in [2.24, 2.45) is 0 Å². The summed E-state index contributed by atoms with van der Waals surface area (Å²) in [6.07, 6.45) is 3.43. The second-order valence-corrected chi connectivity index (χ2v) is 11.2. The van der Waals surface area contributed by atoms with E-state index in [9.17, 15) is 13.2 Å². The minimum atomic E-state index is -3.91. The zero-order valence-electron chi connectivity index (χ0n) is 18.4. The quantitative estimate of drug-likeness (QED) is 0.520. The second-order valence-electron chi connectivity index (χ2n) is 8.35. The first-order chi connectivity index (χ1) is 16.0. The number of sulfonamides is 1. The van der Waals surface area contributed by atoms with E-state index in [1.54, 1.807) is 23.5 Å². The van der Waals surface area contributed by atoms with Gasteiger partial charge in [0.1, 0.15) is 10.6 Å². The fourth-order valence-corrected chi connectivity index (χ4v) is 7.43. The first-order valence-corrected chi connectivity index (χ1v) is 13.5. The van der Waals surface area contributed by atoms with Crippen molar-refractivity contribution in [3.63, 3.8) is 0 Å². The van der Waals surface area contributed by atoms with Crippen molar-refractivity contribution >= 4 is 33.0 Å². The molecule has 0 unspecified atom stereocenters. The number of fused-ring (bicyclic) bond motifs is 1. The maximum Gasteiger partial charge on any atom is 0.268 e. The van der Waals surface area contributed by atoms with Crippen molar-refractivity contribution in [3.05, 3.63) is 76.0 Å². The molecule has 6 nitrogen and oxygen atoms in total. The Morgan fingerprint density at radius 3 is 2.70 bits per heavy atom. The molecule has 1 fully saturated rings. The number of ether oxygens (including phenoxy) is 1. The summed E-state index contributed by atoms with van der Waals surface area (Å²) in [4.78, 5) is 16.5. The van der Waals surface area contributed by atoms with Gasteiger partial charge in [-0.25, -0.2) is 8.42 Å². The zero-order chi connectivity index (χ0) is 23.0. The number of nitrogens with zero attached hydrogens (tertiary/aromatic N) is 2. The number of carbonyl (C=O) groups is 1. The number of para-hydroxylation sites is 1. The first-order valence-electron chi connectivity index (χ1n) is 11.1. The van der Waals surface area contributed by atoms with Crippen LogP contribution in [0.4, 0.5) is 5.69 Å². The average molecular weight is 483 g/mol. The van der Waals surface area contributed by atoms with Crippen LogP contribution in [0.15, 0.2) is 64.9 Å². The van der Waals surface area contributed by atoms with Crippen LogP contribution < -0.4 is 9.04 Å². The number of rotatable bonds is 5. The molecule has 1 amide bonds. The molecule has 2 aliphatic rings. The van der Waals surface area contributed by atoms with E-state index in [0.29, 0.717) is 24.3 Å². The molecule has 8 heteroatoms. The summed E-state index contributed by atoms with van der Waals surface area (Å²) in [5, 5.41) is 2.02. The molecule has 3 aromatic rings. The van der Waals surface area contributed by atoms with Gasteiger partial charge in [0.25, 0.3) is 15.9 Å². The summed E-state index contributed by atoms with van der Waals surface area (Å²) < 4.78 is 34.5. The van der Waals surface area contributed by atoms with Crippen molar-refractivity contribution in [1.29, 1.82) is 0 Å². The lowest BCUT2D eigenvalue weighted by atomic mass is 10.0. The molecule has 0 bridgehead atoms. The molecule has 2 aromatic carbocycles. The minimum Gasteiger partial charge on any atom is -0.495 e. The summed E-state index contributed by atoms with van der Waals surface area (Å²) in [7, 11) is -2.46. The highest BCUT2D eigenvalue weighted by Crippen LogP contribution is 2.38. The highest BCUT2D eigenvalue weighted by molar-refractivity contribution is 7.93. The van der Waals surface area contributed by atoms with Gasteiger partial charge in [0, 0.05) is 23.5 Å². The van der Waals surface area contributed by atoms with Crippen LogP contribution in [0.5, 0.6) is 5.75 Å². The number of amides is 1. The molecule has 0 aliphatic carbocycles. The lowest BCUT2D eigenvalue weighted by Gasteiger charge is -2.31. The van der Waals surface area contributed by atoms with E-state index in [0.717, 1.165) is 36.1 Å². The van der Waals surface area contributed by atoms with Crippen LogP contribution in [0, 0.1) is 0 Å². The van der Waals surface area contributed by atoms with Crippen molar-refractivity contribution in [2.75, 3.05) is 24.5 Å². The summed E-state index contributed by atoms with van der Waals surface area (Å²) in [6, 6.07) is 16.4. The van der Waals surface area contributed by atoms with E-state index < -0.39 is 10.0 Å². The number of likely N-dealkylation sites (tertiary alicyclic amines) is 1. The lowest BCUT2D eigenvalue weighted by molar-refractivity contribution is 0.0737. The third kappa shape index (κ3) is 3.91. The van der Waals surface area contributed by atoms with E-state index in [1.165, 1.54) is 17.5 Å². The van der Waals surface area contributed by atoms with E-state index in [2.05, 4.69) is 6.07 Å². The predicted molar refractivity (Wildman–Crippen MR) is 130 cm³/mol. The molecular formula is C25H26N2O4S2. The number of hydrogen-bond donors (Lipinski definition) is 0. The van der Waals surface area contributed by atoms with Gasteiger partial charge in [0.2, 0.25) is 0 Å². The van der Waals surface area contributed by atoms with Gasteiger partial charge in [0.15, 0.2) is 0 Å². The van der Waals surface area contributed by atoms with E-state index in [-0.39, 0.29) is 22.6 Å². The molecule has 0 saturated carbocycles. The molecule has 1 atom stereocenters. The van der Waals surface area contributed by atoms with Gasteiger partial charge in [0.05, 0.1) is 18.8 Å². The summed E-state index contributed by atoms with van der Waals surface area (Å²) >= 11 is 1.65. The molecule has 2 aliphatic heterocycles. The standard InChI is InChI=1S/C25H26N2O4S2/c1-31-22-13-12-19(25(28)26-14-5-10-21(26)23-11-6-16-32-23)17-24(22)33(29,30)27-15-4-8-18-7-2-3-9-20(18)27/h2-3,6-7,9,11-13,16-17,21H,4-5,8,10,14-15H2,1H3/t21-/m0/s1. The van der Waals surface area contributed by atoms with Crippen LogP contribution in [0.1, 0.15) is 46.1 Å². The average Bonchev–Trinajstić information content (AvgIpc) is 3.54. The molecule has 0 spiro atoms. The Bertz CT molecular complexity index is 1270. The molecule has 0 radical (unpaired) electrons. The third-order valence-electron chi connectivity index (χ3n) is 6.43. The predicted octanol–water partition coefficient (Wildman–Crippen LogP) is 4.88. The van der Waals surface area contributed by atoms with Gasteiger partial charge in [-0.05, 0) is 67.0 Å². The number of methoxy groups -OCH3 is 1. The molecule has 0 N–H and O–H groups in total. The molecule has 1 saturated heterocycles. The summed E-state index contributed by atoms with van der Waals surface area (Å²) in [5.41, 5.74) is 2.07. The van der Waals surface area contributed by atoms with Gasteiger partial charge >= 0.3 is 0 Å². The zero-order valence-corrected chi connectivity index (χ0v) is 20.1. The highest BCUT2D eigenvalue weighted by Gasteiger charge is 2.34. The Morgan fingerprint density at radius 1 is 1.06 bits per heavy atom. The molecule has 33 heavy (non-hydrogen) atoms. The smallest absolute Gasteiger partial charge is 0.268 e. The summed E-state index contributed by atoms with van der Waals surface area (Å²) in [6.45, 7) is 1.06. The lowest BCUT2D eigenvalue weighted by Crippen LogP contribution is -2.36. The molecule has 5 rings (SSSR count). The number of anilines is 1. The van der Waals surface area contributed by atoms with Gasteiger partial charge in [-0.1, -0.05) is 24.3 Å². The van der Waals surface area contributed by atoms with Gasteiger partial charge in [-0.15, -0.1) is 11.3 Å². The third-order valence-corrected chi connectivity index (χ3v) is 9.24. The van der Waals surface area contributed by atoms with Crippen LogP contribution in [-0.4, -0.2) is 39.4 Å². The van der Waals surface area contributed by atoms with E-state index in [4.69, 9.17) is 4.74 Å². The fraction of sp³-hybridized carbons (Fsp3) is 0.320. The minimum absolute atomic E-state index is 0.0272. The van der Waals surface area contributed by atoms with Crippen molar-refractivity contribution in [1.82, 2.24) is 4.90 Å². The van der Waals surface area contributed by atoms with Crippen LogP contribution in [0.3, 0.4) is 0 Å². The number of thiophene rings is 1. The monoisotopic (exact) mass is 482 g/mol. The topological polar surface area (TPSA) is 66.9 Å². The molecule has 3 heterocycles. The Balaban J connectivity index is 1.52. The second kappa shape index (κ2) is 8.83. The van der Waals surface area contributed by atoms with E-state index >= 15 is 0 Å². The molecular weight excluding hydrogens is 456 g/mol. The Morgan fingerprint density at radius 2 is 1.91 bits per heavy atom. The Hall–Kier alpha value is -2.84. The van der Waals surface area contributed by atoms with Crippen LogP contribution >= 0.6 is 11.3 Å². The van der Waals surface area contributed by atoms with Gasteiger partial charge in [-0.3, -0.25) is 9.10 Å². The largest absolute Gasteiger partial charge is 0.495 e. The highest BCUT2D eigenvalue weighted by atomic mass is 32.2. The maximum atomic E-state index is 13.8. The number of benzene rings is 2. The maximum absolute atomic E-state index is 13.8. The van der Waals surface area contributed by atoms with Crippen molar-refractivity contribution in [2.45, 2.75) is 36.6 Å². The van der Waals surface area contributed by atoms with Crippen molar-refractivity contribution < 1.29 is 17.9 Å². The number of hydrogen-bond acceptors (Lipinski definition) is 5. The SMILES string of the molecule is COc1ccc(C(=O)N2CCC[C@H]2c2cccs2)cc1S(=O)(=O)N1CCCc2ccccc21. The fourth-order valence-electron chi connectivity index (χ4n) is 4.83. The van der Waals surface area contributed by atoms with Crippen molar-refractivity contribution in [3.8, 4) is 5.75 Å². The summed E-state index contributed by atoms with van der Waals surface area (Å²) in [5.74, 6) is 0.0925. The van der Waals surface area contributed by atoms with Gasteiger partial charge in [-0.2, -0.15) is 0 Å².